The molecule has 2 aromatic heterocycles. The summed E-state index contributed by atoms with van der Waals surface area (Å²) in [5, 5.41) is 7.54. The van der Waals surface area contributed by atoms with Crippen molar-refractivity contribution in [3.8, 4) is 0 Å². The Balaban J connectivity index is 1.36. The molecule has 2 unspecified atom stereocenters. The molecule has 4 aromatic rings. The Morgan fingerprint density at radius 3 is 2.44 bits per heavy atom. The predicted octanol–water partition coefficient (Wildman–Crippen LogP) is 4.97. The molecule has 8 nitrogen and oxygen atoms in total. The van der Waals surface area contributed by atoms with E-state index < -0.39 is 18.2 Å². The number of anilines is 1. The fourth-order valence-corrected chi connectivity index (χ4v) is 4.66. The summed E-state index contributed by atoms with van der Waals surface area (Å²) >= 11 is 1.36. The van der Waals surface area contributed by atoms with Crippen molar-refractivity contribution in [1.82, 2.24) is 10.2 Å². The third-order valence-corrected chi connectivity index (χ3v) is 6.68. The van der Waals surface area contributed by atoms with E-state index in [9.17, 15) is 14.4 Å². The molecule has 0 aliphatic carbocycles. The Morgan fingerprint density at radius 1 is 0.944 bits per heavy atom. The smallest absolute Gasteiger partial charge is 0.411 e. The van der Waals surface area contributed by atoms with Gasteiger partial charge in [0, 0.05) is 5.69 Å². The summed E-state index contributed by atoms with van der Waals surface area (Å²) in [6, 6.07) is 22.6. The Kier molecular flexibility index (Phi) is 6.81. The molecule has 5 rings (SSSR count). The lowest BCUT2D eigenvalue weighted by Crippen LogP contribution is -2.46. The molecule has 182 valence electrons. The maximum absolute atomic E-state index is 13.3. The minimum absolute atomic E-state index is 0.191. The largest absolute Gasteiger partial charge is 0.467 e. The van der Waals surface area contributed by atoms with Crippen molar-refractivity contribution in [1.29, 1.82) is 0 Å². The highest BCUT2D eigenvalue weighted by Gasteiger charge is 2.47. The van der Waals surface area contributed by atoms with E-state index >= 15 is 0 Å². The third kappa shape index (κ3) is 5.16. The fourth-order valence-electron chi connectivity index (χ4n) is 4.04. The summed E-state index contributed by atoms with van der Waals surface area (Å²) in [5.41, 5.74) is 2.12. The lowest BCUT2D eigenvalue weighted by molar-refractivity contribution is -0.126. The van der Waals surface area contributed by atoms with Gasteiger partial charge < -0.3 is 19.8 Å². The van der Waals surface area contributed by atoms with Crippen LogP contribution in [0.1, 0.15) is 32.7 Å². The average molecular weight is 502 g/mol. The van der Waals surface area contributed by atoms with E-state index in [-0.39, 0.29) is 24.9 Å². The normalized spacial score (nSPS) is 17.0. The lowest BCUT2D eigenvalue weighted by Gasteiger charge is -2.24. The van der Waals surface area contributed by atoms with Gasteiger partial charge in [0.1, 0.15) is 5.76 Å². The quantitative estimate of drug-likeness (QED) is 0.355. The van der Waals surface area contributed by atoms with Crippen molar-refractivity contribution in [3.05, 3.63) is 112 Å². The summed E-state index contributed by atoms with van der Waals surface area (Å²) in [5.74, 6) is 0.0492. The first kappa shape index (κ1) is 23.4. The molecule has 1 saturated heterocycles. The standard InChI is InChI=1S/C27H23N3O5S/c31-25(22-9-5-15-36-22)29-20-12-10-19(11-13-20)24-23(26(32)28-16-21-8-4-14-34-21)30(27(33)35-24)17-18-6-2-1-3-7-18/h1-15,23-24H,16-17H2,(H,28,32)(H,29,31). The molecule has 36 heavy (non-hydrogen) atoms. The molecule has 0 bridgehead atoms. The number of furan rings is 1. The summed E-state index contributed by atoms with van der Waals surface area (Å²) in [6.07, 6.45) is 0.143. The van der Waals surface area contributed by atoms with Gasteiger partial charge in [-0.05, 0) is 46.8 Å². The van der Waals surface area contributed by atoms with Crippen LogP contribution in [0.2, 0.25) is 0 Å². The van der Waals surface area contributed by atoms with Crippen LogP contribution < -0.4 is 10.6 Å². The van der Waals surface area contributed by atoms with E-state index in [1.807, 2.05) is 41.8 Å². The number of benzene rings is 2. The SMILES string of the molecule is O=C(Nc1ccc(C2OC(=O)N(Cc3ccccc3)C2C(=O)NCc2ccco2)cc1)c1cccs1. The first-order valence-corrected chi connectivity index (χ1v) is 12.2. The van der Waals surface area contributed by atoms with Crippen LogP contribution in [-0.2, 0) is 22.6 Å². The van der Waals surface area contributed by atoms with Gasteiger partial charge in [0.25, 0.3) is 5.91 Å². The number of carbonyl (C=O) groups is 3. The van der Waals surface area contributed by atoms with Crippen molar-refractivity contribution in [2.45, 2.75) is 25.2 Å². The molecule has 0 radical (unpaired) electrons. The second kappa shape index (κ2) is 10.5. The minimum atomic E-state index is -0.890. The van der Waals surface area contributed by atoms with Gasteiger partial charge in [-0.1, -0.05) is 48.5 Å². The van der Waals surface area contributed by atoms with Gasteiger partial charge >= 0.3 is 6.09 Å². The molecule has 2 aromatic carbocycles. The molecule has 1 fully saturated rings. The zero-order valence-electron chi connectivity index (χ0n) is 19.1. The summed E-state index contributed by atoms with van der Waals surface area (Å²) in [7, 11) is 0. The number of cyclic esters (lactones) is 1. The zero-order valence-corrected chi connectivity index (χ0v) is 19.9. The number of nitrogens with one attached hydrogen (secondary N) is 2. The topological polar surface area (TPSA) is 101 Å². The first-order chi connectivity index (χ1) is 17.6. The van der Waals surface area contributed by atoms with Gasteiger partial charge in [-0.15, -0.1) is 11.3 Å². The van der Waals surface area contributed by atoms with Crippen LogP contribution in [-0.4, -0.2) is 28.8 Å². The molecular weight excluding hydrogens is 478 g/mol. The van der Waals surface area contributed by atoms with E-state index in [0.29, 0.717) is 21.9 Å². The number of ether oxygens (including phenoxy) is 1. The third-order valence-electron chi connectivity index (χ3n) is 5.81. The number of thiophene rings is 1. The van der Waals surface area contributed by atoms with E-state index in [1.54, 1.807) is 42.5 Å². The van der Waals surface area contributed by atoms with Crippen LogP contribution >= 0.6 is 11.3 Å². The van der Waals surface area contributed by atoms with Crippen molar-refractivity contribution in [3.63, 3.8) is 0 Å². The maximum atomic E-state index is 13.3. The highest BCUT2D eigenvalue weighted by molar-refractivity contribution is 7.12. The molecule has 0 saturated carbocycles. The highest BCUT2D eigenvalue weighted by Crippen LogP contribution is 2.34. The predicted molar refractivity (Wildman–Crippen MR) is 134 cm³/mol. The minimum Gasteiger partial charge on any atom is -0.467 e. The van der Waals surface area contributed by atoms with E-state index in [2.05, 4.69) is 10.6 Å². The average Bonchev–Trinajstić information content (AvgIpc) is 3.67. The van der Waals surface area contributed by atoms with Gasteiger partial charge in [-0.2, -0.15) is 0 Å². The number of rotatable bonds is 8. The molecule has 1 aliphatic rings. The Bertz CT molecular complexity index is 1320. The number of amides is 3. The number of hydrogen-bond donors (Lipinski definition) is 2. The van der Waals surface area contributed by atoms with Crippen LogP contribution in [0.25, 0.3) is 0 Å². The Labute approximate surface area is 211 Å². The van der Waals surface area contributed by atoms with Crippen molar-refractivity contribution < 1.29 is 23.5 Å². The van der Waals surface area contributed by atoms with Gasteiger partial charge in [0.15, 0.2) is 12.1 Å². The van der Waals surface area contributed by atoms with Gasteiger partial charge in [-0.25, -0.2) is 4.79 Å². The Morgan fingerprint density at radius 2 is 1.75 bits per heavy atom. The van der Waals surface area contributed by atoms with E-state index in [0.717, 1.165) is 5.56 Å². The monoisotopic (exact) mass is 501 g/mol. The summed E-state index contributed by atoms with van der Waals surface area (Å²) in [6.45, 7) is 0.417. The molecule has 2 atom stereocenters. The van der Waals surface area contributed by atoms with E-state index in [4.69, 9.17) is 9.15 Å². The van der Waals surface area contributed by atoms with Crippen LogP contribution in [0.3, 0.4) is 0 Å². The molecule has 9 heteroatoms. The molecule has 1 aliphatic heterocycles. The van der Waals surface area contributed by atoms with Crippen LogP contribution in [0, 0.1) is 0 Å². The number of hydrogen-bond acceptors (Lipinski definition) is 6. The maximum Gasteiger partial charge on any atom is 0.411 e. The second-order valence-corrected chi connectivity index (χ2v) is 9.16. The summed E-state index contributed by atoms with van der Waals surface area (Å²) in [4.78, 5) is 40.6. The number of carbonyl (C=O) groups excluding carboxylic acids is 3. The van der Waals surface area contributed by atoms with Crippen molar-refractivity contribution >= 4 is 34.9 Å². The van der Waals surface area contributed by atoms with Crippen LogP contribution in [0.15, 0.2) is 94.9 Å². The van der Waals surface area contributed by atoms with Gasteiger partial charge in [-0.3, -0.25) is 14.5 Å². The van der Waals surface area contributed by atoms with E-state index in [1.165, 1.54) is 22.5 Å². The summed E-state index contributed by atoms with van der Waals surface area (Å²) < 4.78 is 11.0. The molecular formula is C27H23N3O5S. The fraction of sp³-hybridized carbons (Fsp3) is 0.148. The van der Waals surface area contributed by atoms with Crippen LogP contribution in [0.4, 0.5) is 10.5 Å². The second-order valence-electron chi connectivity index (χ2n) is 8.21. The molecule has 3 heterocycles. The Hall–Kier alpha value is -4.37. The zero-order chi connectivity index (χ0) is 24.9. The molecule has 3 amide bonds. The number of nitrogens with zero attached hydrogens (tertiary/aromatic N) is 1. The van der Waals surface area contributed by atoms with Crippen molar-refractivity contribution in [2.75, 3.05) is 5.32 Å². The highest BCUT2D eigenvalue weighted by atomic mass is 32.1. The molecule has 0 spiro atoms. The lowest BCUT2D eigenvalue weighted by atomic mass is 10.00. The van der Waals surface area contributed by atoms with Gasteiger partial charge in [0.2, 0.25) is 5.91 Å². The van der Waals surface area contributed by atoms with Crippen LogP contribution in [0.5, 0.6) is 0 Å². The first-order valence-electron chi connectivity index (χ1n) is 11.3. The molecule has 2 N–H and O–H groups in total. The van der Waals surface area contributed by atoms with Gasteiger partial charge in [0.05, 0.1) is 24.2 Å². The van der Waals surface area contributed by atoms with Crippen molar-refractivity contribution in [2.24, 2.45) is 0 Å².